The van der Waals surface area contributed by atoms with Crippen LogP contribution in [0.1, 0.15) is 24.2 Å². The lowest BCUT2D eigenvalue weighted by Crippen LogP contribution is -2.41. The molecule has 2 aromatic rings. The van der Waals surface area contributed by atoms with E-state index in [0.29, 0.717) is 12.3 Å². The van der Waals surface area contributed by atoms with Crippen LogP contribution in [0.2, 0.25) is 0 Å². The lowest BCUT2D eigenvalue weighted by atomic mass is 9.97. The molecular weight excluding hydrogens is 362 g/mol. The fourth-order valence-corrected chi connectivity index (χ4v) is 3.86. The van der Waals surface area contributed by atoms with Crippen LogP contribution in [0.15, 0.2) is 24.3 Å². The van der Waals surface area contributed by atoms with Crippen LogP contribution in [0, 0.1) is 5.92 Å². The lowest BCUT2D eigenvalue weighted by molar-refractivity contribution is 0.214. The molecule has 1 aliphatic heterocycles. The summed E-state index contributed by atoms with van der Waals surface area (Å²) in [4.78, 5) is 20.2. The minimum absolute atomic E-state index is 0.0243. The van der Waals surface area contributed by atoms with E-state index in [9.17, 15) is 4.79 Å². The number of methoxy groups -OCH3 is 1. The Morgan fingerprint density at radius 3 is 2.85 bits per heavy atom. The predicted molar refractivity (Wildman–Crippen MR) is 108 cm³/mol. The minimum atomic E-state index is -0.0243. The summed E-state index contributed by atoms with van der Waals surface area (Å²) in [6.45, 7) is 2.65. The fraction of sp³-hybridized carbons (Fsp3) is 0.526. The van der Waals surface area contributed by atoms with E-state index in [-0.39, 0.29) is 6.03 Å². The van der Waals surface area contributed by atoms with Crippen LogP contribution in [-0.2, 0) is 6.42 Å². The van der Waals surface area contributed by atoms with Gasteiger partial charge < -0.3 is 19.9 Å². The third-order valence-corrected chi connectivity index (χ3v) is 5.60. The van der Waals surface area contributed by atoms with Crippen molar-refractivity contribution in [1.82, 2.24) is 19.6 Å². The summed E-state index contributed by atoms with van der Waals surface area (Å²) in [5, 5.41) is 3.97. The highest BCUT2D eigenvalue weighted by molar-refractivity contribution is 7.09. The number of urea groups is 1. The molecule has 2 heterocycles. The number of hydrogen-bond acceptors (Lipinski definition) is 6. The van der Waals surface area contributed by atoms with Crippen LogP contribution in [0.25, 0.3) is 0 Å². The smallest absolute Gasteiger partial charge is 0.316 e. The Bertz CT molecular complexity index is 756. The zero-order chi connectivity index (χ0) is 19.2. The van der Waals surface area contributed by atoms with Crippen molar-refractivity contribution < 1.29 is 9.53 Å². The molecule has 1 aromatic carbocycles. The number of benzene rings is 1. The van der Waals surface area contributed by atoms with Crippen LogP contribution >= 0.6 is 11.5 Å². The van der Waals surface area contributed by atoms with Gasteiger partial charge in [-0.25, -0.2) is 9.78 Å². The van der Waals surface area contributed by atoms with Crippen LogP contribution in [0.4, 0.5) is 9.93 Å². The molecule has 1 saturated heterocycles. The van der Waals surface area contributed by atoms with Crippen molar-refractivity contribution in [2.45, 2.75) is 19.3 Å². The number of carbonyl (C=O) groups excluding carboxylic acids is 1. The van der Waals surface area contributed by atoms with Gasteiger partial charge in [0.15, 0.2) is 0 Å². The molecule has 27 heavy (non-hydrogen) atoms. The van der Waals surface area contributed by atoms with Crippen molar-refractivity contribution >= 4 is 22.7 Å². The predicted octanol–water partition coefficient (Wildman–Crippen LogP) is 2.63. The van der Waals surface area contributed by atoms with E-state index in [2.05, 4.69) is 20.7 Å². The number of ether oxygens (including phenoxy) is 1. The first kappa shape index (κ1) is 19.4. The number of nitrogens with one attached hydrogen (secondary N) is 1. The van der Waals surface area contributed by atoms with Gasteiger partial charge in [-0.1, -0.05) is 12.1 Å². The first-order valence-electron chi connectivity index (χ1n) is 9.20. The monoisotopic (exact) mass is 389 g/mol. The molecule has 1 N–H and O–H groups in total. The molecular formula is C19H27N5O2S. The molecule has 0 saturated carbocycles. The van der Waals surface area contributed by atoms with E-state index < -0.39 is 0 Å². The average molecular weight is 390 g/mol. The molecule has 0 bridgehead atoms. The van der Waals surface area contributed by atoms with Gasteiger partial charge in [-0.3, -0.25) is 0 Å². The summed E-state index contributed by atoms with van der Waals surface area (Å²) in [5.74, 6) is 2.23. The first-order chi connectivity index (χ1) is 13.0. The fourth-order valence-electron chi connectivity index (χ4n) is 3.13. The van der Waals surface area contributed by atoms with Crippen molar-refractivity contribution in [2.24, 2.45) is 5.92 Å². The maximum absolute atomic E-state index is 11.6. The highest BCUT2D eigenvalue weighted by atomic mass is 32.1. The third kappa shape index (κ3) is 5.32. The molecule has 8 heteroatoms. The Morgan fingerprint density at radius 1 is 1.37 bits per heavy atom. The molecule has 146 valence electrons. The Kier molecular flexibility index (Phi) is 6.49. The van der Waals surface area contributed by atoms with Gasteiger partial charge in [-0.15, -0.1) is 0 Å². The zero-order valence-corrected chi connectivity index (χ0v) is 17.0. The first-order valence-corrected chi connectivity index (χ1v) is 9.98. The van der Waals surface area contributed by atoms with Crippen molar-refractivity contribution in [3.05, 3.63) is 35.7 Å². The van der Waals surface area contributed by atoms with Gasteiger partial charge >= 0.3 is 6.03 Å². The molecule has 2 amide bonds. The largest absolute Gasteiger partial charge is 0.497 e. The van der Waals surface area contributed by atoms with Crippen molar-refractivity contribution in [2.75, 3.05) is 45.7 Å². The molecule has 0 atom stereocenters. The second-order valence-corrected chi connectivity index (χ2v) is 7.76. The number of amides is 2. The SMILES string of the molecule is COc1cccc(Cc2nsc(N3CCC(CNC(=O)N(C)C)CC3)n2)c1. The molecule has 3 rings (SSSR count). The maximum Gasteiger partial charge on any atom is 0.316 e. The van der Waals surface area contributed by atoms with Crippen LogP contribution < -0.4 is 15.0 Å². The van der Waals surface area contributed by atoms with Gasteiger partial charge in [-0.05, 0) is 36.5 Å². The summed E-state index contributed by atoms with van der Waals surface area (Å²) in [7, 11) is 5.20. The molecule has 1 fully saturated rings. The number of piperidine rings is 1. The van der Waals surface area contributed by atoms with Gasteiger partial charge in [0.2, 0.25) is 5.13 Å². The molecule has 0 radical (unpaired) electrons. The molecule has 0 spiro atoms. The summed E-state index contributed by atoms with van der Waals surface area (Å²) >= 11 is 1.47. The minimum Gasteiger partial charge on any atom is -0.497 e. The zero-order valence-electron chi connectivity index (χ0n) is 16.1. The Morgan fingerprint density at radius 2 is 2.15 bits per heavy atom. The standard InChI is InChI=1S/C19H27N5O2S/c1-23(2)18(25)20-13-14-7-9-24(10-8-14)19-21-17(22-27-19)12-15-5-4-6-16(11-15)26-3/h4-6,11,14H,7-10,12-13H2,1-3H3,(H,20,25). The van der Waals surface area contributed by atoms with E-state index in [1.165, 1.54) is 11.5 Å². The van der Waals surface area contributed by atoms with E-state index in [0.717, 1.165) is 54.7 Å². The van der Waals surface area contributed by atoms with E-state index >= 15 is 0 Å². The number of hydrogen-bond donors (Lipinski definition) is 1. The van der Waals surface area contributed by atoms with E-state index in [4.69, 9.17) is 9.72 Å². The number of carbonyl (C=O) groups is 1. The summed E-state index contributed by atoms with van der Waals surface area (Å²) in [6, 6.07) is 7.99. The quantitative estimate of drug-likeness (QED) is 0.822. The summed E-state index contributed by atoms with van der Waals surface area (Å²) < 4.78 is 9.80. The number of aromatic nitrogens is 2. The average Bonchev–Trinajstić information content (AvgIpc) is 3.15. The van der Waals surface area contributed by atoms with Gasteiger partial charge in [0, 0.05) is 51.7 Å². The number of anilines is 1. The van der Waals surface area contributed by atoms with Crippen LogP contribution in [0.3, 0.4) is 0 Å². The van der Waals surface area contributed by atoms with Gasteiger partial charge in [0.25, 0.3) is 0 Å². The van der Waals surface area contributed by atoms with Crippen LogP contribution in [0.5, 0.6) is 5.75 Å². The Balaban J connectivity index is 1.50. The lowest BCUT2D eigenvalue weighted by Gasteiger charge is -2.31. The molecule has 7 nitrogen and oxygen atoms in total. The maximum atomic E-state index is 11.6. The van der Waals surface area contributed by atoms with Gasteiger partial charge in [-0.2, -0.15) is 4.37 Å². The summed E-state index contributed by atoms with van der Waals surface area (Å²) in [5.41, 5.74) is 1.15. The highest BCUT2D eigenvalue weighted by Gasteiger charge is 2.22. The molecule has 1 aromatic heterocycles. The molecule has 0 aliphatic carbocycles. The Labute approximate surface area is 164 Å². The van der Waals surface area contributed by atoms with Gasteiger partial charge in [0.1, 0.15) is 11.6 Å². The van der Waals surface area contributed by atoms with E-state index in [1.807, 2.05) is 18.2 Å². The third-order valence-electron chi connectivity index (χ3n) is 4.79. The van der Waals surface area contributed by atoms with Crippen LogP contribution in [-0.4, -0.2) is 61.1 Å². The van der Waals surface area contributed by atoms with Crippen molar-refractivity contribution in [3.63, 3.8) is 0 Å². The molecule has 1 aliphatic rings. The second-order valence-electron chi connectivity index (χ2n) is 7.03. The van der Waals surface area contributed by atoms with Crippen molar-refractivity contribution in [3.8, 4) is 5.75 Å². The normalized spacial score (nSPS) is 14.9. The number of rotatable bonds is 6. The Hall–Kier alpha value is -2.35. The second kappa shape index (κ2) is 9.03. The topological polar surface area (TPSA) is 70.6 Å². The number of nitrogens with zero attached hydrogens (tertiary/aromatic N) is 4. The van der Waals surface area contributed by atoms with E-state index in [1.54, 1.807) is 26.1 Å². The van der Waals surface area contributed by atoms with Crippen molar-refractivity contribution in [1.29, 1.82) is 0 Å². The van der Waals surface area contributed by atoms with Gasteiger partial charge in [0.05, 0.1) is 7.11 Å². The summed E-state index contributed by atoms with van der Waals surface area (Å²) in [6.07, 6.45) is 2.82. The molecule has 0 unspecified atom stereocenters. The highest BCUT2D eigenvalue weighted by Crippen LogP contribution is 2.25.